The Morgan fingerprint density at radius 1 is 1.30 bits per heavy atom. The summed E-state index contributed by atoms with van der Waals surface area (Å²) in [5.41, 5.74) is 0. The third-order valence-electron chi connectivity index (χ3n) is 3.73. The Hall–Kier alpha value is -0.220. The summed E-state index contributed by atoms with van der Waals surface area (Å²) >= 11 is 7.85. The molecule has 0 saturated carbocycles. The van der Waals surface area contributed by atoms with Gasteiger partial charge in [0.05, 0.1) is 0 Å². The normalized spacial score (nSPS) is 18.1. The summed E-state index contributed by atoms with van der Waals surface area (Å²) in [4.78, 5) is 1.30. The summed E-state index contributed by atoms with van der Waals surface area (Å²) in [5.74, 6) is 1.86. The SMILES string of the molecule is CCCNC(CSc1ccc(Cl)cc1)C1CCOCC1. The fraction of sp³-hybridized carbons (Fsp3) is 0.625. The van der Waals surface area contributed by atoms with Crippen molar-refractivity contribution in [2.45, 2.75) is 37.1 Å². The third-order valence-corrected chi connectivity index (χ3v) is 5.12. The lowest BCUT2D eigenvalue weighted by Gasteiger charge is -2.31. The van der Waals surface area contributed by atoms with Gasteiger partial charge in [-0.05, 0) is 56.0 Å². The molecule has 1 aromatic carbocycles. The van der Waals surface area contributed by atoms with Crippen LogP contribution in [0.3, 0.4) is 0 Å². The van der Waals surface area contributed by atoms with Gasteiger partial charge in [0, 0.05) is 34.9 Å². The summed E-state index contributed by atoms with van der Waals surface area (Å²) in [5, 5.41) is 4.52. The molecule has 2 nitrogen and oxygen atoms in total. The van der Waals surface area contributed by atoms with Gasteiger partial charge in [0.25, 0.3) is 0 Å². The first-order chi connectivity index (χ1) is 9.79. The van der Waals surface area contributed by atoms with Crippen molar-refractivity contribution in [1.29, 1.82) is 0 Å². The minimum Gasteiger partial charge on any atom is -0.381 e. The molecule has 0 radical (unpaired) electrons. The second-order valence-corrected chi connectivity index (χ2v) is 6.81. The molecular formula is C16H24ClNOS. The number of benzene rings is 1. The Bertz CT molecular complexity index is 379. The topological polar surface area (TPSA) is 21.3 Å². The molecule has 4 heteroatoms. The molecular weight excluding hydrogens is 290 g/mol. The van der Waals surface area contributed by atoms with Crippen LogP contribution in [0.25, 0.3) is 0 Å². The van der Waals surface area contributed by atoms with Crippen molar-refractivity contribution in [2.24, 2.45) is 5.92 Å². The first kappa shape index (κ1) is 16.2. The van der Waals surface area contributed by atoms with E-state index in [4.69, 9.17) is 16.3 Å². The summed E-state index contributed by atoms with van der Waals surface area (Å²) in [7, 11) is 0. The number of hydrogen-bond donors (Lipinski definition) is 1. The number of ether oxygens (including phenoxy) is 1. The number of hydrogen-bond acceptors (Lipinski definition) is 3. The molecule has 1 aromatic rings. The van der Waals surface area contributed by atoms with Crippen LogP contribution in [0.15, 0.2) is 29.2 Å². The van der Waals surface area contributed by atoms with Gasteiger partial charge in [-0.2, -0.15) is 0 Å². The van der Waals surface area contributed by atoms with Crippen LogP contribution < -0.4 is 5.32 Å². The van der Waals surface area contributed by atoms with E-state index < -0.39 is 0 Å². The Balaban J connectivity index is 1.87. The van der Waals surface area contributed by atoms with Gasteiger partial charge in [-0.3, -0.25) is 0 Å². The van der Waals surface area contributed by atoms with Gasteiger partial charge in [-0.1, -0.05) is 18.5 Å². The van der Waals surface area contributed by atoms with Crippen LogP contribution in [0.2, 0.25) is 5.02 Å². The maximum absolute atomic E-state index is 5.93. The second-order valence-electron chi connectivity index (χ2n) is 5.28. The second kappa shape index (κ2) is 8.93. The van der Waals surface area contributed by atoms with Crippen LogP contribution in [0.4, 0.5) is 0 Å². The van der Waals surface area contributed by atoms with Gasteiger partial charge in [0.15, 0.2) is 0 Å². The number of thioether (sulfide) groups is 1. The van der Waals surface area contributed by atoms with Crippen LogP contribution in [-0.4, -0.2) is 31.6 Å². The molecule has 1 heterocycles. The molecule has 20 heavy (non-hydrogen) atoms. The quantitative estimate of drug-likeness (QED) is 0.761. The number of nitrogens with one attached hydrogen (secondary N) is 1. The summed E-state index contributed by atoms with van der Waals surface area (Å²) < 4.78 is 5.48. The van der Waals surface area contributed by atoms with Crippen LogP contribution in [0.1, 0.15) is 26.2 Å². The molecule has 1 aliphatic heterocycles. The van der Waals surface area contributed by atoms with Crippen LogP contribution in [0.5, 0.6) is 0 Å². The molecule has 1 atom stereocenters. The van der Waals surface area contributed by atoms with Crippen molar-refractivity contribution >= 4 is 23.4 Å². The average Bonchev–Trinajstić information content (AvgIpc) is 2.50. The van der Waals surface area contributed by atoms with Crippen molar-refractivity contribution in [3.05, 3.63) is 29.3 Å². The molecule has 0 amide bonds. The molecule has 0 bridgehead atoms. The molecule has 1 fully saturated rings. The summed E-state index contributed by atoms with van der Waals surface area (Å²) in [6.07, 6.45) is 3.55. The fourth-order valence-electron chi connectivity index (χ4n) is 2.53. The highest BCUT2D eigenvalue weighted by atomic mass is 35.5. The van der Waals surface area contributed by atoms with E-state index in [1.54, 1.807) is 0 Å². The molecule has 1 aliphatic rings. The first-order valence-electron chi connectivity index (χ1n) is 7.49. The Morgan fingerprint density at radius 3 is 2.65 bits per heavy atom. The zero-order valence-electron chi connectivity index (χ0n) is 12.1. The van der Waals surface area contributed by atoms with E-state index in [9.17, 15) is 0 Å². The lowest BCUT2D eigenvalue weighted by molar-refractivity contribution is 0.0566. The third kappa shape index (κ3) is 5.28. The average molecular weight is 314 g/mol. The van der Waals surface area contributed by atoms with Gasteiger partial charge < -0.3 is 10.1 Å². The van der Waals surface area contributed by atoms with E-state index >= 15 is 0 Å². The molecule has 0 aliphatic carbocycles. The monoisotopic (exact) mass is 313 g/mol. The van der Waals surface area contributed by atoms with E-state index in [1.807, 2.05) is 23.9 Å². The largest absolute Gasteiger partial charge is 0.381 e. The maximum atomic E-state index is 5.93. The minimum atomic E-state index is 0.583. The van der Waals surface area contributed by atoms with Crippen LogP contribution in [-0.2, 0) is 4.74 Å². The summed E-state index contributed by atoms with van der Waals surface area (Å²) in [6, 6.07) is 8.72. The molecule has 1 N–H and O–H groups in total. The zero-order valence-corrected chi connectivity index (χ0v) is 13.7. The van der Waals surface area contributed by atoms with E-state index in [0.29, 0.717) is 6.04 Å². The van der Waals surface area contributed by atoms with Crippen molar-refractivity contribution < 1.29 is 4.74 Å². The molecule has 2 rings (SSSR count). The number of halogens is 1. The Kier molecular flexibility index (Phi) is 7.22. The predicted octanol–water partition coefficient (Wildman–Crippen LogP) is 4.23. The van der Waals surface area contributed by atoms with Crippen LogP contribution in [0, 0.1) is 5.92 Å². The lowest BCUT2D eigenvalue weighted by Crippen LogP contribution is -2.41. The highest BCUT2D eigenvalue weighted by Gasteiger charge is 2.23. The molecule has 1 unspecified atom stereocenters. The van der Waals surface area contributed by atoms with Crippen molar-refractivity contribution in [3.63, 3.8) is 0 Å². The first-order valence-corrected chi connectivity index (χ1v) is 8.85. The van der Waals surface area contributed by atoms with Gasteiger partial charge in [0.2, 0.25) is 0 Å². The minimum absolute atomic E-state index is 0.583. The Morgan fingerprint density at radius 2 is 2.00 bits per heavy atom. The summed E-state index contributed by atoms with van der Waals surface area (Å²) in [6.45, 7) is 5.16. The van der Waals surface area contributed by atoms with Crippen LogP contribution >= 0.6 is 23.4 Å². The highest BCUT2D eigenvalue weighted by Crippen LogP contribution is 2.26. The predicted molar refractivity (Wildman–Crippen MR) is 87.8 cm³/mol. The highest BCUT2D eigenvalue weighted by molar-refractivity contribution is 7.99. The van der Waals surface area contributed by atoms with Crippen molar-refractivity contribution in [2.75, 3.05) is 25.5 Å². The van der Waals surface area contributed by atoms with Crippen molar-refractivity contribution in [3.8, 4) is 0 Å². The molecule has 0 aromatic heterocycles. The molecule has 1 saturated heterocycles. The van der Waals surface area contributed by atoms with E-state index in [2.05, 4.69) is 24.4 Å². The fourth-order valence-corrected chi connectivity index (χ4v) is 3.74. The van der Waals surface area contributed by atoms with Gasteiger partial charge in [-0.15, -0.1) is 11.8 Å². The zero-order chi connectivity index (χ0) is 14.2. The smallest absolute Gasteiger partial charge is 0.0469 e. The lowest BCUT2D eigenvalue weighted by atomic mass is 9.93. The van der Waals surface area contributed by atoms with Crippen molar-refractivity contribution in [1.82, 2.24) is 5.32 Å². The van der Waals surface area contributed by atoms with E-state index in [1.165, 1.54) is 24.2 Å². The number of rotatable bonds is 7. The molecule has 0 spiro atoms. The van der Waals surface area contributed by atoms with Gasteiger partial charge >= 0.3 is 0 Å². The molecule has 112 valence electrons. The van der Waals surface area contributed by atoms with Gasteiger partial charge in [0.1, 0.15) is 0 Å². The van der Waals surface area contributed by atoms with E-state index in [0.717, 1.165) is 36.5 Å². The van der Waals surface area contributed by atoms with Gasteiger partial charge in [-0.25, -0.2) is 0 Å². The van der Waals surface area contributed by atoms with E-state index in [-0.39, 0.29) is 0 Å². The Labute approximate surface area is 131 Å². The maximum Gasteiger partial charge on any atom is 0.0469 e. The standard InChI is InChI=1S/C16H24ClNOS/c1-2-9-18-16(13-7-10-19-11-8-13)12-20-15-5-3-14(17)4-6-15/h3-6,13,16,18H,2,7-12H2,1H3.